The van der Waals surface area contributed by atoms with E-state index in [1.165, 1.54) is 11.0 Å². The molecule has 1 amide bonds. The van der Waals surface area contributed by atoms with Crippen LogP contribution in [0, 0.1) is 11.3 Å². The van der Waals surface area contributed by atoms with Crippen molar-refractivity contribution in [1.29, 1.82) is 5.26 Å². The topological polar surface area (TPSA) is 86.8 Å². The Hall–Kier alpha value is -1.94. The molecule has 0 atom stereocenters. The van der Waals surface area contributed by atoms with Crippen LogP contribution in [0.4, 0.5) is 0 Å². The number of piperazine rings is 1. The van der Waals surface area contributed by atoms with Gasteiger partial charge < -0.3 is 10.2 Å². The van der Waals surface area contributed by atoms with E-state index >= 15 is 0 Å². The van der Waals surface area contributed by atoms with Crippen LogP contribution in [0.1, 0.15) is 5.82 Å². The molecule has 1 aliphatic heterocycles. The fourth-order valence-corrected chi connectivity index (χ4v) is 1.57. The molecule has 1 fully saturated rings. The molecule has 0 aromatic carbocycles. The average Bonchev–Trinajstić information content (AvgIpc) is 2.78. The zero-order valence-electron chi connectivity index (χ0n) is 8.76. The van der Waals surface area contributed by atoms with E-state index in [4.69, 9.17) is 5.26 Å². The molecule has 1 saturated heterocycles. The highest BCUT2D eigenvalue weighted by atomic mass is 16.2. The molecule has 7 nitrogen and oxygen atoms in total. The van der Waals surface area contributed by atoms with Crippen molar-refractivity contribution >= 4 is 5.91 Å². The summed E-state index contributed by atoms with van der Waals surface area (Å²) in [6, 6.07) is 1.82. The van der Waals surface area contributed by atoms with E-state index in [1.54, 1.807) is 4.90 Å². The number of amides is 1. The summed E-state index contributed by atoms with van der Waals surface area (Å²) in [6.07, 6.45) is 1.40. The van der Waals surface area contributed by atoms with Gasteiger partial charge in [0.05, 0.1) is 0 Å². The maximum Gasteiger partial charge on any atom is 0.252 e. The molecule has 2 heterocycles. The predicted octanol–water partition coefficient (Wildman–Crippen LogP) is -1.42. The summed E-state index contributed by atoms with van der Waals surface area (Å²) < 4.78 is 1.39. The summed E-state index contributed by atoms with van der Waals surface area (Å²) in [6.45, 7) is 3.24. The first-order chi connectivity index (χ1) is 7.79. The van der Waals surface area contributed by atoms with E-state index in [1.807, 2.05) is 6.07 Å². The van der Waals surface area contributed by atoms with Crippen LogP contribution in [0.5, 0.6) is 0 Å². The minimum absolute atomic E-state index is 0.0101. The van der Waals surface area contributed by atoms with Gasteiger partial charge in [-0.25, -0.2) is 9.67 Å². The van der Waals surface area contributed by atoms with Crippen LogP contribution >= 0.6 is 0 Å². The van der Waals surface area contributed by atoms with Gasteiger partial charge in [-0.3, -0.25) is 4.79 Å². The van der Waals surface area contributed by atoms with E-state index in [0.29, 0.717) is 0 Å². The Balaban J connectivity index is 1.93. The Bertz CT molecular complexity index is 414. The Morgan fingerprint density at radius 2 is 2.31 bits per heavy atom. The number of hydrogen-bond acceptors (Lipinski definition) is 5. The standard InChI is InChI=1S/C9H12N6O/c10-5-8-12-7-15(13-8)6-9(16)14-3-1-11-2-4-14/h7,11H,1-4,6H2. The van der Waals surface area contributed by atoms with Gasteiger partial charge in [0.1, 0.15) is 18.9 Å². The van der Waals surface area contributed by atoms with Crippen molar-refractivity contribution in [3.63, 3.8) is 0 Å². The van der Waals surface area contributed by atoms with Gasteiger partial charge in [-0.1, -0.05) is 0 Å². The van der Waals surface area contributed by atoms with Gasteiger partial charge in [0.2, 0.25) is 5.91 Å². The first-order valence-electron chi connectivity index (χ1n) is 5.07. The van der Waals surface area contributed by atoms with Crippen molar-refractivity contribution in [3.8, 4) is 6.07 Å². The van der Waals surface area contributed by atoms with Crippen molar-refractivity contribution in [2.45, 2.75) is 6.54 Å². The Kier molecular flexibility index (Phi) is 3.12. The molecule has 7 heteroatoms. The molecule has 0 unspecified atom stereocenters. The van der Waals surface area contributed by atoms with Crippen molar-refractivity contribution in [2.75, 3.05) is 26.2 Å². The summed E-state index contributed by atoms with van der Waals surface area (Å²) in [5.74, 6) is 0.101. The lowest BCUT2D eigenvalue weighted by atomic mass is 10.3. The largest absolute Gasteiger partial charge is 0.339 e. The molecule has 1 aromatic rings. The quantitative estimate of drug-likeness (QED) is 0.661. The maximum absolute atomic E-state index is 11.8. The summed E-state index contributed by atoms with van der Waals surface area (Å²) in [4.78, 5) is 17.3. The van der Waals surface area contributed by atoms with Crippen molar-refractivity contribution in [2.24, 2.45) is 0 Å². The third-order valence-electron chi connectivity index (χ3n) is 2.40. The van der Waals surface area contributed by atoms with E-state index < -0.39 is 0 Å². The predicted molar refractivity (Wildman–Crippen MR) is 54.2 cm³/mol. The van der Waals surface area contributed by atoms with Crippen LogP contribution in [0.3, 0.4) is 0 Å². The normalized spacial score (nSPS) is 15.8. The van der Waals surface area contributed by atoms with E-state index in [-0.39, 0.29) is 18.3 Å². The van der Waals surface area contributed by atoms with Crippen LogP contribution in [-0.4, -0.2) is 51.8 Å². The fraction of sp³-hybridized carbons (Fsp3) is 0.556. The van der Waals surface area contributed by atoms with E-state index in [2.05, 4.69) is 15.4 Å². The Morgan fingerprint density at radius 1 is 1.56 bits per heavy atom. The number of carbonyl (C=O) groups is 1. The number of nitriles is 1. The first-order valence-corrected chi connectivity index (χ1v) is 5.07. The van der Waals surface area contributed by atoms with Crippen LogP contribution in [0.25, 0.3) is 0 Å². The second-order valence-electron chi connectivity index (χ2n) is 3.51. The minimum Gasteiger partial charge on any atom is -0.339 e. The smallest absolute Gasteiger partial charge is 0.252 e. The lowest BCUT2D eigenvalue weighted by Crippen LogP contribution is -2.47. The van der Waals surface area contributed by atoms with Gasteiger partial charge >= 0.3 is 0 Å². The SMILES string of the molecule is N#Cc1ncn(CC(=O)N2CCNCC2)n1. The molecular weight excluding hydrogens is 208 g/mol. The van der Waals surface area contributed by atoms with Crippen molar-refractivity contribution in [1.82, 2.24) is 25.0 Å². The van der Waals surface area contributed by atoms with E-state index in [9.17, 15) is 4.79 Å². The molecule has 0 bridgehead atoms. The third kappa shape index (κ3) is 2.35. The number of nitrogens with one attached hydrogen (secondary N) is 1. The van der Waals surface area contributed by atoms with Gasteiger partial charge in [-0.05, 0) is 0 Å². The Labute approximate surface area is 92.7 Å². The van der Waals surface area contributed by atoms with Crippen molar-refractivity contribution < 1.29 is 4.79 Å². The van der Waals surface area contributed by atoms with E-state index in [0.717, 1.165) is 26.2 Å². The highest BCUT2D eigenvalue weighted by molar-refractivity contribution is 5.76. The third-order valence-corrected chi connectivity index (χ3v) is 2.40. The lowest BCUT2D eigenvalue weighted by Gasteiger charge is -2.27. The molecule has 2 rings (SSSR count). The van der Waals surface area contributed by atoms with Gasteiger partial charge in [0, 0.05) is 26.2 Å². The summed E-state index contributed by atoms with van der Waals surface area (Å²) in [7, 11) is 0. The maximum atomic E-state index is 11.8. The van der Waals surface area contributed by atoms with Crippen LogP contribution in [0.15, 0.2) is 6.33 Å². The van der Waals surface area contributed by atoms with Crippen molar-refractivity contribution in [3.05, 3.63) is 12.2 Å². The zero-order chi connectivity index (χ0) is 11.4. The molecular formula is C9H12N6O. The molecule has 1 N–H and O–H groups in total. The molecule has 1 aromatic heterocycles. The molecule has 16 heavy (non-hydrogen) atoms. The monoisotopic (exact) mass is 220 g/mol. The van der Waals surface area contributed by atoms with Gasteiger partial charge in [-0.2, -0.15) is 5.26 Å². The average molecular weight is 220 g/mol. The minimum atomic E-state index is 0.0101. The van der Waals surface area contributed by atoms with Crippen LogP contribution < -0.4 is 5.32 Å². The fourth-order valence-electron chi connectivity index (χ4n) is 1.57. The molecule has 0 radical (unpaired) electrons. The number of rotatable bonds is 2. The molecule has 84 valence electrons. The first kappa shape index (κ1) is 10.6. The summed E-state index contributed by atoms with van der Waals surface area (Å²) >= 11 is 0. The van der Waals surface area contributed by atoms with Gasteiger partial charge in [0.15, 0.2) is 0 Å². The second-order valence-corrected chi connectivity index (χ2v) is 3.51. The number of nitrogens with zero attached hydrogens (tertiary/aromatic N) is 5. The summed E-state index contributed by atoms with van der Waals surface area (Å²) in [5.41, 5.74) is 0. The van der Waals surface area contributed by atoms with Gasteiger partial charge in [0.25, 0.3) is 5.82 Å². The van der Waals surface area contributed by atoms with Crippen LogP contribution in [-0.2, 0) is 11.3 Å². The second kappa shape index (κ2) is 4.72. The number of carbonyl (C=O) groups excluding carboxylic acids is 1. The Morgan fingerprint density at radius 3 is 2.94 bits per heavy atom. The van der Waals surface area contributed by atoms with Gasteiger partial charge in [-0.15, -0.1) is 5.10 Å². The van der Waals surface area contributed by atoms with Crippen LogP contribution in [0.2, 0.25) is 0 Å². The molecule has 0 spiro atoms. The highest BCUT2D eigenvalue weighted by Crippen LogP contribution is 1.96. The number of hydrogen-bond donors (Lipinski definition) is 1. The number of aromatic nitrogens is 3. The molecule has 0 aliphatic carbocycles. The summed E-state index contributed by atoms with van der Waals surface area (Å²) in [5, 5.41) is 15.6. The molecule has 0 saturated carbocycles. The molecule has 1 aliphatic rings. The zero-order valence-corrected chi connectivity index (χ0v) is 8.76. The lowest BCUT2D eigenvalue weighted by molar-refractivity contribution is -0.132. The highest BCUT2D eigenvalue weighted by Gasteiger charge is 2.16.